The number of benzene rings is 1. The molecule has 0 amide bonds. The lowest BCUT2D eigenvalue weighted by molar-refractivity contribution is 0.565. The van der Waals surface area contributed by atoms with Gasteiger partial charge in [-0.2, -0.15) is 0 Å². The summed E-state index contributed by atoms with van der Waals surface area (Å²) in [7, 11) is 0. The van der Waals surface area contributed by atoms with E-state index in [1.54, 1.807) is 12.4 Å². The quantitative estimate of drug-likeness (QED) is 0.834. The van der Waals surface area contributed by atoms with E-state index in [0.29, 0.717) is 0 Å². The lowest BCUT2D eigenvalue weighted by atomic mass is 10.0. The van der Waals surface area contributed by atoms with Gasteiger partial charge in [0.25, 0.3) is 0 Å². The first-order chi connectivity index (χ1) is 8.85. The second-order valence-corrected chi connectivity index (χ2v) is 4.05. The van der Waals surface area contributed by atoms with Crippen molar-refractivity contribution in [3.63, 3.8) is 0 Å². The molecule has 0 spiro atoms. The zero-order chi connectivity index (χ0) is 12.8. The SMILES string of the molecule is CC#CCC(NCC)c1ccc2nccnc2c1. The molecule has 92 valence electrons. The Labute approximate surface area is 108 Å². The number of hydrogen-bond acceptors (Lipinski definition) is 3. The van der Waals surface area contributed by atoms with Gasteiger partial charge < -0.3 is 5.32 Å². The summed E-state index contributed by atoms with van der Waals surface area (Å²) in [6.07, 6.45) is 4.25. The number of nitrogens with zero attached hydrogens (tertiary/aromatic N) is 2. The highest BCUT2D eigenvalue weighted by molar-refractivity contribution is 5.74. The molecular formula is C15H17N3. The Morgan fingerprint density at radius 1 is 1.22 bits per heavy atom. The van der Waals surface area contributed by atoms with Crippen molar-refractivity contribution in [2.24, 2.45) is 0 Å². The summed E-state index contributed by atoms with van der Waals surface area (Å²) in [5, 5.41) is 3.45. The second-order valence-electron chi connectivity index (χ2n) is 4.05. The molecule has 0 aliphatic carbocycles. The number of hydrogen-bond donors (Lipinski definition) is 1. The molecule has 3 heteroatoms. The summed E-state index contributed by atoms with van der Waals surface area (Å²) in [5.41, 5.74) is 3.08. The van der Waals surface area contributed by atoms with Crippen LogP contribution < -0.4 is 5.32 Å². The van der Waals surface area contributed by atoms with Crippen molar-refractivity contribution < 1.29 is 0 Å². The zero-order valence-electron chi connectivity index (χ0n) is 10.8. The van der Waals surface area contributed by atoms with Gasteiger partial charge in [0.2, 0.25) is 0 Å². The Hall–Kier alpha value is -1.92. The molecule has 0 bridgehead atoms. The van der Waals surface area contributed by atoms with Crippen molar-refractivity contribution >= 4 is 11.0 Å². The summed E-state index contributed by atoms with van der Waals surface area (Å²) in [6, 6.07) is 6.46. The maximum Gasteiger partial charge on any atom is 0.0890 e. The fourth-order valence-electron chi connectivity index (χ4n) is 1.96. The number of aromatic nitrogens is 2. The Morgan fingerprint density at radius 3 is 2.72 bits per heavy atom. The zero-order valence-corrected chi connectivity index (χ0v) is 10.8. The van der Waals surface area contributed by atoms with Crippen LogP contribution in [0.15, 0.2) is 30.6 Å². The first kappa shape index (κ1) is 12.5. The monoisotopic (exact) mass is 239 g/mol. The predicted octanol–water partition coefficient (Wildman–Crippen LogP) is 2.69. The number of fused-ring (bicyclic) bond motifs is 1. The minimum atomic E-state index is 0.258. The number of nitrogens with one attached hydrogen (secondary N) is 1. The lowest BCUT2D eigenvalue weighted by Gasteiger charge is -2.15. The van der Waals surface area contributed by atoms with Crippen LogP contribution in [-0.4, -0.2) is 16.5 Å². The van der Waals surface area contributed by atoms with Crippen molar-refractivity contribution in [2.45, 2.75) is 26.3 Å². The molecule has 2 rings (SSSR count). The van der Waals surface area contributed by atoms with Crippen LogP contribution in [0.4, 0.5) is 0 Å². The van der Waals surface area contributed by atoms with Crippen molar-refractivity contribution in [3.8, 4) is 11.8 Å². The molecule has 0 aliphatic heterocycles. The van der Waals surface area contributed by atoms with Crippen molar-refractivity contribution in [1.82, 2.24) is 15.3 Å². The van der Waals surface area contributed by atoms with Gasteiger partial charge in [-0.05, 0) is 31.2 Å². The van der Waals surface area contributed by atoms with Gasteiger partial charge in [0.1, 0.15) is 0 Å². The van der Waals surface area contributed by atoms with Gasteiger partial charge in [-0.25, -0.2) is 0 Å². The van der Waals surface area contributed by atoms with E-state index in [0.717, 1.165) is 24.0 Å². The lowest BCUT2D eigenvalue weighted by Crippen LogP contribution is -2.20. The molecule has 1 aromatic heterocycles. The van der Waals surface area contributed by atoms with Crippen LogP contribution in [0.2, 0.25) is 0 Å². The third kappa shape index (κ3) is 2.85. The molecule has 0 saturated carbocycles. The summed E-state index contributed by atoms with van der Waals surface area (Å²) in [5.74, 6) is 6.08. The molecular weight excluding hydrogens is 222 g/mol. The maximum atomic E-state index is 4.34. The molecule has 0 fully saturated rings. The van der Waals surface area contributed by atoms with E-state index in [1.165, 1.54) is 5.56 Å². The van der Waals surface area contributed by atoms with E-state index >= 15 is 0 Å². The van der Waals surface area contributed by atoms with Crippen LogP contribution in [0.5, 0.6) is 0 Å². The molecule has 0 saturated heterocycles. The van der Waals surface area contributed by atoms with Gasteiger partial charge in [0.15, 0.2) is 0 Å². The van der Waals surface area contributed by atoms with Gasteiger partial charge in [-0.15, -0.1) is 11.8 Å². The Balaban J connectivity index is 2.33. The van der Waals surface area contributed by atoms with Crippen LogP contribution in [0.25, 0.3) is 11.0 Å². The predicted molar refractivity (Wildman–Crippen MR) is 74.0 cm³/mol. The minimum Gasteiger partial charge on any atom is -0.309 e. The van der Waals surface area contributed by atoms with Gasteiger partial charge in [-0.3, -0.25) is 9.97 Å². The van der Waals surface area contributed by atoms with Crippen molar-refractivity contribution in [2.75, 3.05) is 6.54 Å². The van der Waals surface area contributed by atoms with Crippen molar-refractivity contribution in [1.29, 1.82) is 0 Å². The third-order valence-corrected chi connectivity index (χ3v) is 2.83. The highest BCUT2D eigenvalue weighted by atomic mass is 14.9. The molecule has 1 atom stereocenters. The summed E-state index contributed by atoms with van der Waals surface area (Å²) >= 11 is 0. The van der Waals surface area contributed by atoms with Crippen LogP contribution in [0, 0.1) is 11.8 Å². The standard InChI is InChI=1S/C15H17N3/c1-3-5-6-13(16-4-2)12-7-8-14-15(11-12)18-10-9-17-14/h7-11,13,16H,4,6H2,1-2H3. The van der Waals surface area contributed by atoms with Gasteiger partial charge >= 0.3 is 0 Å². The van der Waals surface area contributed by atoms with Gasteiger partial charge in [0.05, 0.1) is 11.0 Å². The van der Waals surface area contributed by atoms with E-state index in [4.69, 9.17) is 0 Å². The van der Waals surface area contributed by atoms with Crippen LogP contribution in [0.3, 0.4) is 0 Å². The normalized spacial score (nSPS) is 11.9. The Morgan fingerprint density at radius 2 is 2.00 bits per heavy atom. The average Bonchev–Trinajstić information content (AvgIpc) is 2.43. The van der Waals surface area contributed by atoms with Crippen LogP contribution >= 0.6 is 0 Å². The van der Waals surface area contributed by atoms with Crippen molar-refractivity contribution in [3.05, 3.63) is 36.2 Å². The van der Waals surface area contributed by atoms with Gasteiger partial charge in [-0.1, -0.05) is 13.0 Å². The molecule has 1 N–H and O–H groups in total. The largest absolute Gasteiger partial charge is 0.309 e. The summed E-state index contributed by atoms with van der Waals surface area (Å²) in [6.45, 7) is 4.90. The highest BCUT2D eigenvalue weighted by Gasteiger charge is 2.09. The van der Waals surface area contributed by atoms with E-state index < -0.39 is 0 Å². The van der Waals surface area contributed by atoms with Crippen LogP contribution in [-0.2, 0) is 0 Å². The molecule has 1 aromatic carbocycles. The average molecular weight is 239 g/mol. The fraction of sp³-hybridized carbons (Fsp3) is 0.333. The highest BCUT2D eigenvalue weighted by Crippen LogP contribution is 2.19. The first-order valence-corrected chi connectivity index (χ1v) is 6.18. The van der Waals surface area contributed by atoms with E-state index in [-0.39, 0.29) is 6.04 Å². The molecule has 0 radical (unpaired) electrons. The molecule has 1 unspecified atom stereocenters. The molecule has 2 aromatic rings. The minimum absolute atomic E-state index is 0.258. The Bertz CT molecular complexity index is 581. The van der Waals surface area contributed by atoms with E-state index in [1.807, 2.05) is 13.0 Å². The molecule has 1 heterocycles. The summed E-state index contributed by atoms with van der Waals surface area (Å²) in [4.78, 5) is 8.62. The summed E-state index contributed by atoms with van der Waals surface area (Å²) < 4.78 is 0. The maximum absolute atomic E-state index is 4.34. The first-order valence-electron chi connectivity index (χ1n) is 6.18. The fourth-order valence-corrected chi connectivity index (χ4v) is 1.96. The van der Waals surface area contributed by atoms with E-state index in [2.05, 4.69) is 46.2 Å². The second kappa shape index (κ2) is 6.13. The van der Waals surface area contributed by atoms with Crippen LogP contribution in [0.1, 0.15) is 31.9 Å². The Kier molecular flexibility index (Phi) is 4.27. The molecule has 0 aliphatic rings. The smallest absolute Gasteiger partial charge is 0.0890 e. The van der Waals surface area contributed by atoms with Gasteiger partial charge in [0, 0.05) is 24.9 Å². The molecule has 3 nitrogen and oxygen atoms in total. The third-order valence-electron chi connectivity index (χ3n) is 2.83. The topological polar surface area (TPSA) is 37.8 Å². The molecule has 18 heavy (non-hydrogen) atoms. The van der Waals surface area contributed by atoms with E-state index in [9.17, 15) is 0 Å². The number of rotatable bonds is 4.